The van der Waals surface area contributed by atoms with Crippen molar-refractivity contribution in [2.24, 2.45) is 0 Å². The van der Waals surface area contributed by atoms with Crippen molar-refractivity contribution in [3.05, 3.63) is 18.2 Å². The van der Waals surface area contributed by atoms with Crippen molar-refractivity contribution in [2.75, 3.05) is 5.73 Å². The fourth-order valence-electron chi connectivity index (χ4n) is 0.820. The third-order valence-electron chi connectivity index (χ3n) is 1.33. The van der Waals surface area contributed by atoms with Crippen LogP contribution in [0.15, 0.2) is 21.8 Å². The Bertz CT molecular complexity index is 441. The van der Waals surface area contributed by atoms with Crippen molar-refractivity contribution in [3.8, 4) is 0 Å². The van der Waals surface area contributed by atoms with Crippen molar-refractivity contribution < 1.29 is 0 Å². The van der Waals surface area contributed by atoms with Crippen LogP contribution in [0.3, 0.4) is 0 Å². The van der Waals surface area contributed by atoms with Gasteiger partial charge in [0.2, 0.25) is 0 Å². The zero-order valence-electron chi connectivity index (χ0n) is 7.34. The standard InChI is InChI=1S/C7H7N5S2/c1-4-10-7(14-12-4)13-6-3-9-2-5(8)11-6/h2-3H,1H3,(H2,8,11). The molecule has 0 saturated carbocycles. The predicted molar refractivity (Wildman–Crippen MR) is 55.2 cm³/mol. The molecule has 0 bridgehead atoms. The summed E-state index contributed by atoms with van der Waals surface area (Å²) in [4.78, 5) is 12.2. The van der Waals surface area contributed by atoms with E-state index in [0.717, 1.165) is 15.2 Å². The highest BCUT2D eigenvalue weighted by molar-refractivity contribution is 8.00. The van der Waals surface area contributed by atoms with E-state index in [2.05, 4.69) is 19.3 Å². The van der Waals surface area contributed by atoms with Crippen LogP contribution in [0.5, 0.6) is 0 Å². The van der Waals surface area contributed by atoms with Gasteiger partial charge in [-0.1, -0.05) is 0 Å². The lowest BCUT2D eigenvalue weighted by Gasteiger charge is -1.95. The van der Waals surface area contributed by atoms with Crippen LogP contribution in [0.1, 0.15) is 5.82 Å². The first-order valence-corrected chi connectivity index (χ1v) is 5.39. The van der Waals surface area contributed by atoms with E-state index in [1.165, 1.54) is 29.5 Å². The van der Waals surface area contributed by atoms with Gasteiger partial charge in [-0.15, -0.1) is 0 Å². The first-order chi connectivity index (χ1) is 6.74. The zero-order valence-corrected chi connectivity index (χ0v) is 8.97. The number of nitrogens with two attached hydrogens (primary N) is 1. The zero-order chi connectivity index (χ0) is 9.97. The van der Waals surface area contributed by atoms with E-state index < -0.39 is 0 Å². The summed E-state index contributed by atoms with van der Waals surface area (Å²) >= 11 is 2.76. The first kappa shape index (κ1) is 9.35. The average Bonchev–Trinajstić information content (AvgIpc) is 2.51. The number of nitrogens with zero attached hydrogens (tertiary/aromatic N) is 4. The molecule has 2 N–H and O–H groups in total. The lowest BCUT2D eigenvalue weighted by Crippen LogP contribution is -1.91. The Balaban J connectivity index is 2.18. The van der Waals surface area contributed by atoms with Crippen molar-refractivity contribution in [1.29, 1.82) is 0 Å². The minimum atomic E-state index is 0.413. The molecule has 2 heterocycles. The Morgan fingerprint density at radius 2 is 2.21 bits per heavy atom. The summed E-state index contributed by atoms with van der Waals surface area (Å²) in [7, 11) is 0. The van der Waals surface area contributed by atoms with Gasteiger partial charge in [0.1, 0.15) is 16.7 Å². The van der Waals surface area contributed by atoms with Gasteiger partial charge in [-0.3, -0.25) is 4.98 Å². The van der Waals surface area contributed by atoms with Crippen LogP contribution < -0.4 is 5.73 Å². The minimum absolute atomic E-state index is 0.413. The second-order valence-electron chi connectivity index (χ2n) is 2.49. The van der Waals surface area contributed by atoms with E-state index >= 15 is 0 Å². The smallest absolute Gasteiger partial charge is 0.176 e. The molecule has 0 saturated heterocycles. The fourth-order valence-corrected chi connectivity index (χ4v) is 2.38. The minimum Gasteiger partial charge on any atom is -0.382 e. The monoisotopic (exact) mass is 225 g/mol. The lowest BCUT2D eigenvalue weighted by molar-refractivity contribution is 1.05. The van der Waals surface area contributed by atoms with E-state index in [1.807, 2.05) is 6.92 Å². The highest BCUT2D eigenvalue weighted by atomic mass is 32.2. The summed E-state index contributed by atoms with van der Waals surface area (Å²) in [5, 5.41) is 0.737. The summed E-state index contributed by atoms with van der Waals surface area (Å²) in [6.07, 6.45) is 3.16. The van der Waals surface area contributed by atoms with Gasteiger partial charge in [0.25, 0.3) is 0 Å². The van der Waals surface area contributed by atoms with Gasteiger partial charge in [0, 0.05) is 0 Å². The summed E-state index contributed by atoms with van der Waals surface area (Å²) in [6, 6.07) is 0. The van der Waals surface area contributed by atoms with Gasteiger partial charge in [-0.05, 0) is 30.2 Å². The summed E-state index contributed by atoms with van der Waals surface area (Å²) in [5.41, 5.74) is 5.50. The average molecular weight is 225 g/mol. The van der Waals surface area contributed by atoms with Crippen LogP contribution >= 0.6 is 23.3 Å². The lowest BCUT2D eigenvalue weighted by atomic mass is 10.7. The Labute approximate surface area is 89.0 Å². The van der Waals surface area contributed by atoms with E-state index in [4.69, 9.17) is 5.73 Å². The Morgan fingerprint density at radius 3 is 2.86 bits per heavy atom. The molecule has 0 aliphatic heterocycles. The van der Waals surface area contributed by atoms with Crippen LogP contribution in [0.2, 0.25) is 0 Å². The number of aryl methyl sites for hydroxylation is 1. The predicted octanol–water partition coefficient (Wildman–Crippen LogP) is 1.37. The van der Waals surface area contributed by atoms with Crippen LogP contribution in [0.4, 0.5) is 5.82 Å². The summed E-state index contributed by atoms with van der Waals surface area (Å²) in [5.74, 6) is 1.19. The maximum Gasteiger partial charge on any atom is 0.176 e. The van der Waals surface area contributed by atoms with Crippen LogP contribution in [-0.2, 0) is 0 Å². The molecule has 2 aromatic rings. The molecular formula is C7H7N5S2. The number of aromatic nitrogens is 4. The van der Waals surface area contributed by atoms with Crippen molar-refractivity contribution in [1.82, 2.24) is 19.3 Å². The molecule has 0 unspecified atom stereocenters. The van der Waals surface area contributed by atoms with Gasteiger partial charge < -0.3 is 5.73 Å². The first-order valence-electron chi connectivity index (χ1n) is 3.80. The third kappa shape index (κ3) is 2.18. The Kier molecular flexibility index (Phi) is 2.60. The summed E-state index contributed by atoms with van der Waals surface area (Å²) in [6.45, 7) is 1.85. The number of hydrogen-bond donors (Lipinski definition) is 1. The van der Waals surface area contributed by atoms with Gasteiger partial charge in [-0.25, -0.2) is 9.97 Å². The largest absolute Gasteiger partial charge is 0.382 e. The van der Waals surface area contributed by atoms with Crippen LogP contribution in [0, 0.1) is 6.92 Å². The molecule has 0 aromatic carbocycles. The van der Waals surface area contributed by atoms with Crippen LogP contribution in [-0.4, -0.2) is 19.3 Å². The molecule has 0 aliphatic rings. The van der Waals surface area contributed by atoms with Crippen molar-refractivity contribution in [3.63, 3.8) is 0 Å². The van der Waals surface area contributed by atoms with Gasteiger partial charge in [-0.2, -0.15) is 4.37 Å². The van der Waals surface area contributed by atoms with Gasteiger partial charge in [0.05, 0.1) is 12.4 Å². The quantitative estimate of drug-likeness (QED) is 0.831. The maximum atomic E-state index is 5.50. The molecule has 0 atom stereocenters. The Morgan fingerprint density at radius 1 is 1.36 bits per heavy atom. The van der Waals surface area contributed by atoms with E-state index in [1.54, 1.807) is 6.20 Å². The second-order valence-corrected chi connectivity index (χ2v) is 4.51. The number of hydrogen-bond acceptors (Lipinski definition) is 7. The summed E-state index contributed by atoms with van der Waals surface area (Å²) < 4.78 is 4.91. The van der Waals surface area contributed by atoms with Gasteiger partial charge in [0.15, 0.2) is 4.34 Å². The Hall–Kier alpha value is -1.21. The van der Waals surface area contributed by atoms with E-state index in [9.17, 15) is 0 Å². The highest BCUT2D eigenvalue weighted by Gasteiger charge is 2.04. The molecule has 7 heteroatoms. The second kappa shape index (κ2) is 3.89. The highest BCUT2D eigenvalue weighted by Crippen LogP contribution is 2.26. The third-order valence-corrected chi connectivity index (χ3v) is 3.08. The topological polar surface area (TPSA) is 77.6 Å². The van der Waals surface area contributed by atoms with Crippen LogP contribution in [0.25, 0.3) is 0 Å². The van der Waals surface area contributed by atoms with E-state index in [0.29, 0.717) is 5.82 Å². The molecule has 0 radical (unpaired) electrons. The molecule has 2 aromatic heterocycles. The van der Waals surface area contributed by atoms with Gasteiger partial charge >= 0.3 is 0 Å². The molecule has 0 fully saturated rings. The number of anilines is 1. The maximum absolute atomic E-state index is 5.50. The SMILES string of the molecule is Cc1nsc(Sc2cncc(N)n2)n1. The molecule has 0 spiro atoms. The molecule has 0 amide bonds. The molecule has 14 heavy (non-hydrogen) atoms. The van der Waals surface area contributed by atoms with E-state index in [-0.39, 0.29) is 0 Å². The molecular weight excluding hydrogens is 218 g/mol. The molecule has 0 aliphatic carbocycles. The normalized spacial score (nSPS) is 10.4. The van der Waals surface area contributed by atoms with Crippen molar-refractivity contribution >= 4 is 29.1 Å². The molecule has 5 nitrogen and oxygen atoms in total. The number of rotatable bonds is 2. The van der Waals surface area contributed by atoms with Crippen molar-refractivity contribution in [2.45, 2.75) is 16.3 Å². The molecule has 2 rings (SSSR count). The molecule has 72 valence electrons. The number of nitrogen functional groups attached to an aromatic ring is 1. The fraction of sp³-hybridized carbons (Fsp3) is 0.143.